The van der Waals surface area contributed by atoms with Crippen molar-refractivity contribution in [2.75, 3.05) is 19.8 Å². The van der Waals surface area contributed by atoms with Crippen LogP contribution in [0.3, 0.4) is 0 Å². The molecule has 0 aromatic rings. The van der Waals surface area contributed by atoms with Crippen molar-refractivity contribution in [1.82, 2.24) is 4.90 Å². The van der Waals surface area contributed by atoms with Gasteiger partial charge in [-0.15, -0.1) is 0 Å². The van der Waals surface area contributed by atoms with E-state index in [-0.39, 0.29) is 11.6 Å². The zero-order chi connectivity index (χ0) is 19.5. The lowest BCUT2D eigenvalue weighted by atomic mass is 10.1. The minimum absolute atomic E-state index is 0.0312. The van der Waals surface area contributed by atoms with Gasteiger partial charge in [-0.1, -0.05) is 20.8 Å². The predicted octanol–water partition coefficient (Wildman–Crippen LogP) is 3.60. The highest BCUT2D eigenvalue weighted by Gasteiger charge is 2.43. The second-order valence-electron chi connectivity index (χ2n) is 9.15. The molecular weight excluding hydrogens is 338 g/mol. The maximum absolute atomic E-state index is 12.6. The van der Waals surface area contributed by atoms with Gasteiger partial charge in [0.15, 0.2) is 8.32 Å². The van der Waals surface area contributed by atoms with Crippen molar-refractivity contribution in [3.63, 3.8) is 0 Å². The van der Waals surface area contributed by atoms with Crippen LogP contribution in [0.25, 0.3) is 0 Å². The Morgan fingerprint density at radius 2 is 1.84 bits per heavy atom. The van der Waals surface area contributed by atoms with Crippen LogP contribution in [0, 0.1) is 0 Å². The van der Waals surface area contributed by atoms with E-state index in [1.54, 1.807) is 4.90 Å². The summed E-state index contributed by atoms with van der Waals surface area (Å²) in [5.41, 5.74) is -0.592. The molecule has 0 radical (unpaired) electrons. The van der Waals surface area contributed by atoms with Gasteiger partial charge in [-0.2, -0.15) is 0 Å². The fourth-order valence-corrected chi connectivity index (χ4v) is 3.58. The Balaban J connectivity index is 3.04. The van der Waals surface area contributed by atoms with E-state index in [9.17, 15) is 9.59 Å². The van der Waals surface area contributed by atoms with Crippen molar-refractivity contribution >= 4 is 20.7 Å². The van der Waals surface area contributed by atoms with Crippen LogP contribution in [0.2, 0.25) is 18.1 Å². The lowest BCUT2D eigenvalue weighted by Crippen LogP contribution is -2.55. The van der Waals surface area contributed by atoms with E-state index in [0.717, 1.165) is 6.29 Å². The summed E-state index contributed by atoms with van der Waals surface area (Å²) in [6.07, 6.45) is 0.374. The van der Waals surface area contributed by atoms with Crippen LogP contribution in [-0.2, 0) is 18.7 Å². The van der Waals surface area contributed by atoms with Gasteiger partial charge in [0.25, 0.3) is 0 Å². The molecule has 0 aromatic heterocycles. The Kier molecular flexibility index (Phi) is 7.24. The molecule has 1 aliphatic heterocycles. The van der Waals surface area contributed by atoms with E-state index in [1.165, 1.54) is 0 Å². The quantitative estimate of drug-likeness (QED) is 0.556. The summed E-state index contributed by atoms with van der Waals surface area (Å²) in [6.45, 7) is 17.4. The molecule has 1 amide bonds. The number of hydrogen-bond acceptors (Lipinski definition) is 5. The number of hydrogen-bond donors (Lipinski definition) is 0. The smallest absolute Gasteiger partial charge is 0.410 e. The Bertz CT molecular complexity index is 467. The molecule has 0 spiro atoms. The lowest BCUT2D eigenvalue weighted by molar-refractivity contribution is -0.118. The first kappa shape index (κ1) is 22.1. The molecule has 25 heavy (non-hydrogen) atoms. The average Bonchev–Trinajstić information content (AvgIpc) is 2.67. The Morgan fingerprint density at radius 1 is 1.24 bits per heavy atom. The summed E-state index contributed by atoms with van der Waals surface area (Å²) < 4.78 is 17.5. The van der Waals surface area contributed by atoms with Crippen molar-refractivity contribution in [2.45, 2.75) is 83.8 Å². The molecule has 146 valence electrons. The van der Waals surface area contributed by atoms with Gasteiger partial charge in [0.05, 0.1) is 12.6 Å². The summed E-state index contributed by atoms with van der Waals surface area (Å²) in [5, 5.41) is -0.0312. The van der Waals surface area contributed by atoms with Crippen LogP contribution < -0.4 is 0 Å². The number of nitrogens with zero attached hydrogens (tertiary/aromatic N) is 1. The molecule has 2 unspecified atom stereocenters. The van der Waals surface area contributed by atoms with E-state index in [0.29, 0.717) is 19.6 Å². The summed E-state index contributed by atoms with van der Waals surface area (Å²) in [7, 11) is -2.17. The molecule has 6 nitrogen and oxygen atoms in total. The van der Waals surface area contributed by atoms with Crippen LogP contribution in [0.5, 0.6) is 0 Å². The molecule has 1 aliphatic rings. The third-order valence-corrected chi connectivity index (χ3v) is 9.23. The zero-order valence-corrected chi connectivity index (χ0v) is 18.0. The van der Waals surface area contributed by atoms with Gasteiger partial charge in [0.2, 0.25) is 0 Å². The second kappa shape index (κ2) is 8.18. The molecule has 1 rings (SSSR count). The number of carbonyl (C=O) groups excluding carboxylic acids is 2. The molecule has 7 heteroatoms. The third-order valence-electron chi connectivity index (χ3n) is 4.75. The molecule has 1 saturated heterocycles. The van der Waals surface area contributed by atoms with Crippen molar-refractivity contribution < 1.29 is 23.5 Å². The van der Waals surface area contributed by atoms with E-state index >= 15 is 0 Å². The average molecular weight is 374 g/mol. The van der Waals surface area contributed by atoms with Gasteiger partial charge < -0.3 is 18.7 Å². The van der Waals surface area contributed by atoms with Gasteiger partial charge in [-0.3, -0.25) is 4.90 Å². The standard InChI is InChI=1S/C18H35NO5Si/c1-17(2,3)23-16(21)19-10-9-11-22-13-14(19)15(12-20)24-25(7,8)18(4,5)6/h12,14-15H,9-11,13H2,1-8H3. The largest absolute Gasteiger partial charge is 0.444 e. The van der Waals surface area contributed by atoms with Gasteiger partial charge >= 0.3 is 6.09 Å². The number of aldehydes is 1. The SMILES string of the molecule is CC(C)(C)OC(=O)N1CCCOCC1C(C=O)O[Si](C)(C)C(C)(C)C. The first-order chi connectivity index (χ1) is 11.3. The molecule has 0 saturated carbocycles. The minimum atomic E-state index is -2.17. The van der Waals surface area contributed by atoms with Crippen LogP contribution >= 0.6 is 0 Å². The number of carbonyl (C=O) groups is 2. The molecule has 1 fully saturated rings. The second-order valence-corrected chi connectivity index (χ2v) is 13.9. The molecule has 0 aliphatic carbocycles. The highest BCUT2D eigenvalue weighted by atomic mass is 28.4. The number of rotatable bonds is 4. The highest BCUT2D eigenvalue weighted by Crippen LogP contribution is 2.37. The fraction of sp³-hybridized carbons (Fsp3) is 0.889. The third kappa shape index (κ3) is 6.38. The highest BCUT2D eigenvalue weighted by molar-refractivity contribution is 6.74. The van der Waals surface area contributed by atoms with Gasteiger partial charge in [0.1, 0.15) is 18.0 Å². The molecule has 2 atom stereocenters. The summed E-state index contributed by atoms with van der Waals surface area (Å²) in [6, 6.07) is -0.469. The first-order valence-corrected chi connectivity index (χ1v) is 11.9. The molecule has 0 N–H and O–H groups in total. The normalized spacial score (nSPS) is 21.4. The summed E-state index contributed by atoms with van der Waals surface area (Å²) in [4.78, 5) is 26.1. The molecule has 0 aromatic carbocycles. The van der Waals surface area contributed by atoms with Crippen LogP contribution in [0.4, 0.5) is 4.79 Å². The van der Waals surface area contributed by atoms with Gasteiger partial charge in [-0.05, 0) is 45.3 Å². The number of ether oxygens (including phenoxy) is 2. The number of amides is 1. The maximum atomic E-state index is 12.6. The van der Waals surface area contributed by atoms with Crippen LogP contribution in [-0.4, -0.2) is 63.1 Å². The predicted molar refractivity (Wildman–Crippen MR) is 100 cm³/mol. The van der Waals surface area contributed by atoms with E-state index in [4.69, 9.17) is 13.9 Å². The summed E-state index contributed by atoms with van der Waals surface area (Å²) in [5.74, 6) is 0. The first-order valence-electron chi connectivity index (χ1n) is 8.99. The van der Waals surface area contributed by atoms with Crippen LogP contribution in [0.1, 0.15) is 48.0 Å². The van der Waals surface area contributed by atoms with Crippen molar-refractivity contribution in [3.05, 3.63) is 0 Å². The Morgan fingerprint density at radius 3 is 2.32 bits per heavy atom. The topological polar surface area (TPSA) is 65.1 Å². The molecule has 0 bridgehead atoms. The Labute approximate surface area is 153 Å². The minimum Gasteiger partial charge on any atom is -0.444 e. The molecular formula is C18H35NO5Si. The van der Waals surface area contributed by atoms with Crippen molar-refractivity contribution in [2.24, 2.45) is 0 Å². The monoisotopic (exact) mass is 373 g/mol. The fourth-order valence-electron chi connectivity index (χ4n) is 2.33. The maximum Gasteiger partial charge on any atom is 0.410 e. The van der Waals surface area contributed by atoms with E-state index in [1.807, 2.05) is 20.8 Å². The van der Waals surface area contributed by atoms with Crippen molar-refractivity contribution in [1.29, 1.82) is 0 Å². The summed E-state index contributed by atoms with van der Waals surface area (Å²) >= 11 is 0. The van der Waals surface area contributed by atoms with E-state index in [2.05, 4.69) is 33.9 Å². The van der Waals surface area contributed by atoms with E-state index < -0.39 is 32.2 Å². The lowest BCUT2D eigenvalue weighted by Gasteiger charge is -2.41. The zero-order valence-electron chi connectivity index (χ0n) is 17.0. The Hall–Kier alpha value is -0.923. The molecule has 1 heterocycles. The van der Waals surface area contributed by atoms with Gasteiger partial charge in [-0.25, -0.2) is 4.79 Å². The van der Waals surface area contributed by atoms with Crippen LogP contribution in [0.15, 0.2) is 0 Å². The van der Waals surface area contributed by atoms with Crippen molar-refractivity contribution in [3.8, 4) is 0 Å². The van der Waals surface area contributed by atoms with Gasteiger partial charge in [0, 0.05) is 13.2 Å².